The van der Waals surface area contributed by atoms with E-state index in [1.807, 2.05) is 6.26 Å². The molecule has 1 aromatic carbocycles. The molecule has 1 saturated carbocycles. The molecule has 0 radical (unpaired) electrons. The number of hydrogen-bond donors (Lipinski definition) is 2. The van der Waals surface area contributed by atoms with E-state index < -0.39 is 17.7 Å². The molecule has 2 aromatic rings. The van der Waals surface area contributed by atoms with Gasteiger partial charge in [-0.15, -0.1) is 0 Å². The van der Waals surface area contributed by atoms with Crippen LogP contribution in [0.15, 0.2) is 33.6 Å². The molecule has 2 heterocycles. The number of rotatable bonds is 7. The number of aromatic nitrogens is 2. The Bertz CT molecular complexity index is 1020. The molecule has 1 aliphatic heterocycles. The van der Waals surface area contributed by atoms with Crippen molar-refractivity contribution in [2.45, 2.75) is 38.1 Å². The zero-order valence-corrected chi connectivity index (χ0v) is 17.9. The minimum Gasteiger partial charge on any atom is -0.324 e. The van der Waals surface area contributed by atoms with Gasteiger partial charge in [0.05, 0.1) is 11.8 Å². The quantitative estimate of drug-likeness (QED) is 0.628. The average Bonchev–Trinajstić information content (AvgIpc) is 3.31. The highest BCUT2D eigenvalue weighted by molar-refractivity contribution is 7.98. The predicted octanol–water partition coefficient (Wildman–Crippen LogP) is 2.27. The van der Waals surface area contributed by atoms with Gasteiger partial charge in [0.25, 0.3) is 0 Å². The molecule has 10 heteroatoms. The third-order valence-electron chi connectivity index (χ3n) is 5.93. The van der Waals surface area contributed by atoms with Crippen LogP contribution in [0.25, 0.3) is 11.4 Å². The Morgan fingerprint density at radius 2 is 1.97 bits per heavy atom. The summed E-state index contributed by atoms with van der Waals surface area (Å²) in [7, 11) is 0. The molecular weight excluding hydrogens is 420 g/mol. The SMILES string of the molecule is CSCCC(C(=O)Nc1cccc(-c2noc(=O)[nH]2)c1)N1C(=O)C2CCCCC2C1=O. The summed E-state index contributed by atoms with van der Waals surface area (Å²) in [5, 5.41) is 6.47. The van der Waals surface area contributed by atoms with Gasteiger partial charge in [-0.05, 0) is 43.4 Å². The minimum atomic E-state index is -0.853. The molecule has 164 valence electrons. The smallest absolute Gasteiger partial charge is 0.324 e. The van der Waals surface area contributed by atoms with Crippen molar-refractivity contribution in [3.8, 4) is 11.4 Å². The minimum absolute atomic E-state index is 0.218. The second kappa shape index (κ2) is 9.09. The molecule has 1 aromatic heterocycles. The summed E-state index contributed by atoms with van der Waals surface area (Å²) >= 11 is 1.56. The van der Waals surface area contributed by atoms with Crippen molar-refractivity contribution in [3.63, 3.8) is 0 Å². The van der Waals surface area contributed by atoms with Crippen LogP contribution >= 0.6 is 11.8 Å². The molecule has 3 amide bonds. The fourth-order valence-electron chi connectivity index (χ4n) is 4.43. The van der Waals surface area contributed by atoms with Gasteiger partial charge in [-0.2, -0.15) is 11.8 Å². The Balaban J connectivity index is 1.56. The number of imide groups is 1. The number of carbonyl (C=O) groups is 3. The number of H-pyrrole nitrogens is 1. The number of benzene rings is 1. The van der Waals surface area contributed by atoms with Crippen LogP contribution in [-0.2, 0) is 14.4 Å². The highest BCUT2D eigenvalue weighted by Crippen LogP contribution is 2.39. The van der Waals surface area contributed by atoms with Crippen molar-refractivity contribution < 1.29 is 18.9 Å². The molecule has 31 heavy (non-hydrogen) atoms. The van der Waals surface area contributed by atoms with Crippen LogP contribution in [0.1, 0.15) is 32.1 Å². The molecule has 1 aliphatic carbocycles. The van der Waals surface area contributed by atoms with Crippen molar-refractivity contribution in [3.05, 3.63) is 34.8 Å². The normalized spacial score (nSPS) is 21.8. The second-order valence-electron chi connectivity index (χ2n) is 7.85. The monoisotopic (exact) mass is 444 g/mol. The summed E-state index contributed by atoms with van der Waals surface area (Å²) in [5.74, 6) is -1.21. The highest BCUT2D eigenvalue weighted by Gasteiger charge is 2.51. The van der Waals surface area contributed by atoms with Crippen LogP contribution in [0.3, 0.4) is 0 Å². The maximum atomic E-state index is 13.2. The Kier molecular flexibility index (Phi) is 6.26. The van der Waals surface area contributed by atoms with E-state index in [4.69, 9.17) is 0 Å². The van der Waals surface area contributed by atoms with Gasteiger partial charge in [-0.25, -0.2) is 4.79 Å². The fourth-order valence-corrected chi connectivity index (χ4v) is 4.89. The summed E-state index contributed by atoms with van der Waals surface area (Å²) in [4.78, 5) is 54.1. The predicted molar refractivity (Wildman–Crippen MR) is 115 cm³/mol. The van der Waals surface area contributed by atoms with E-state index >= 15 is 0 Å². The average molecular weight is 445 g/mol. The topological polar surface area (TPSA) is 125 Å². The molecule has 0 spiro atoms. The number of amides is 3. The standard InChI is InChI=1S/C21H24N4O5S/c1-31-10-9-16(25-19(27)14-7-2-3-8-15(14)20(25)28)18(26)22-13-6-4-5-12(11-13)17-23-21(29)30-24-17/h4-6,11,14-16H,2-3,7-10H2,1H3,(H,22,26)(H,23,24,29). The van der Waals surface area contributed by atoms with Crippen LogP contribution in [0, 0.1) is 11.8 Å². The molecular formula is C21H24N4O5S. The Labute approximate surface area is 182 Å². The van der Waals surface area contributed by atoms with Crippen LogP contribution in [0.5, 0.6) is 0 Å². The number of fused-ring (bicyclic) bond motifs is 1. The number of aromatic amines is 1. The maximum absolute atomic E-state index is 13.2. The lowest BCUT2D eigenvalue weighted by molar-refractivity contribution is -0.146. The van der Waals surface area contributed by atoms with E-state index in [9.17, 15) is 19.2 Å². The first kappa shape index (κ1) is 21.4. The lowest BCUT2D eigenvalue weighted by Gasteiger charge is -2.26. The molecule has 9 nitrogen and oxygen atoms in total. The van der Waals surface area contributed by atoms with Gasteiger partial charge in [0.1, 0.15) is 6.04 Å². The van der Waals surface area contributed by atoms with Crippen molar-refractivity contribution in [1.82, 2.24) is 15.0 Å². The van der Waals surface area contributed by atoms with Crippen LogP contribution in [0.2, 0.25) is 0 Å². The number of likely N-dealkylation sites (tertiary alicyclic amines) is 1. The maximum Gasteiger partial charge on any atom is 0.439 e. The zero-order chi connectivity index (χ0) is 22.0. The number of thioether (sulfide) groups is 1. The van der Waals surface area contributed by atoms with E-state index in [-0.39, 0.29) is 29.5 Å². The van der Waals surface area contributed by atoms with Gasteiger partial charge < -0.3 is 5.32 Å². The molecule has 3 unspecified atom stereocenters. The van der Waals surface area contributed by atoms with Gasteiger partial charge in [0.15, 0.2) is 5.82 Å². The van der Waals surface area contributed by atoms with Gasteiger partial charge in [-0.3, -0.25) is 28.8 Å². The Morgan fingerprint density at radius 1 is 1.26 bits per heavy atom. The van der Waals surface area contributed by atoms with E-state index in [1.54, 1.807) is 36.0 Å². The van der Waals surface area contributed by atoms with Crippen molar-refractivity contribution >= 4 is 35.2 Å². The molecule has 0 bridgehead atoms. The van der Waals surface area contributed by atoms with E-state index in [1.165, 1.54) is 4.90 Å². The van der Waals surface area contributed by atoms with Crippen LogP contribution in [0.4, 0.5) is 5.69 Å². The van der Waals surface area contributed by atoms with Crippen LogP contribution in [-0.4, -0.2) is 50.8 Å². The molecule has 2 N–H and O–H groups in total. The van der Waals surface area contributed by atoms with Gasteiger partial charge >= 0.3 is 5.76 Å². The van der Waals surface area contributed by atoms with Gasteiger partial charge in [0.2, 0.25) is 17.7 Å². The first-order chi connectivity index (χ1) is 15.0. The number of nitrogens with one attached hydrogen (secondary N) is 2. The number of nitrogens with zero attached hydrogens (tertiary/aromatic N) is 2. The summed E-state index contributed by atoms with van der Waals surface area (Å²) in [6.45, 7) is 0. The Morgan fingerprint density at radius 3 is 2.58 bits per heavy atom. The molecule has 2 fully saturated rings. The molecule has 4 rings (SSSR count). The molecule has 1 saturated heterocycles. The van der Waals surface area contributed by atoms with Gasteiger partial charge in [-0.1, -0.05) is 30.1 Å². The van der Waals surface area contributed by atoms with Gasteiger partial charge in [0, 0.05) is 11.3 Å². The fraction of sp³-hybridized carbons (Fsp3) is 0.476. The molecule has 3 atom stereocenters. The van der Waals surface area contributed by atoms with Crippen LogP contribution < -0.4 is 11.1 Å². The summed E-state index contributed by atoms with van der Waals surface area (Å²) in [6, 6.07) is 5.90. The third kappa shape index (κ3) is 4.30. The van der Waals surface area contributed by atoms with E-state index in [0.29, 0.717) is 36.3 Å². The largest absolute Gasteiger partial charge is 0.439 e. The summed E-state index contributed by atoms with van der Waals surface area (Å²) in [6.07, 6.45) is 5.60. The first-order valence-corrected chi connectivity index (χ1v) is 11.7. The number of carbonyl (C=O) groups excluding carboxylic acids is 3. The van der Waals surface area contributed by atoms with Crippen molar-refractivity contribution in [2.75, 3.05) is 17.3 Å². The lowest BCUT2D eigenvalue weighted by Crippen LogP contribution is -2.48. The van der Waals surface area contributed by atoms with E-state index in [0.717, 1.165) is 12.8 Å². The lowest BCUT2D eigenvalue weighted by atomic mass is 9.81. The second-order valence-corrected chi connectivity index (χ2v) is 8.84. The van der Waals surface area contributed by atoms with Crippen molar-refractivity contribution in [1.29, 1.82) is 0 Å². The highest BCUT2D eigenvalue weighted by atomic mass is 32.2. The Hall–Kier alpha value is -2.88. The van der Waals surface area contributed by atoms with E-state index in [2.05, 4.69) is 20.0 Å². The van der Waals surface area contributed by atoms with Crippen molar-refractivity contribution in [2.24, 2.45) is 11.8 Å². The summed E-state index contributed by atoms with van der Waals surface area (Å²) in [5.41, 5.74) is 1.03. The zero-order valence-electron chi connectivity index (χ0n) is 17.1. The number of hydrogen-bond acceptors (Lipinski definition) is 7. The molecule has 2 aliphatic rings. The first-order valence-electron chi connectivity index (χ1n) is 10.3. The third-order valence-corrected chi connectivity index (χ3v) is 6.57. The number of anilines is 1. The summed E-state index contributed by atoms with van der Waals surface area (Å²) < 4.78 is 4.53.